The molecule has 8 nitrogen and oxygen atoms in total. The number of hydrogen-bond donors (Lipinski definition) is 2. The molecule has 1 amide bonds. The Balaban J connectivity index is 1.58. The molecule has 0 aliphatic rings. The van der Waals surface area contributed by atoms with Gasteiger partial charge in [-0.1, -0.05) is 18.2 Å². The maximum Gasteiger partial charge on any atom is 0.251 e. The molecule has 3 rings (SSSR count). The first-order chi connectivity index (χ1) is 14.6. The van der Waals surface area contributed by atoms with Crippen LogP contribution < -0.4 is 19.5 Å². The number of nitrogens with zero attached hydrogens (tertiary/aromatic N) is 2. The first-order valence-electron chi connectivity index (χ1n) is 9.54. The lowest BCUT2D eigenvalue weighted by atomic mass is 10.2. The maximum atomic E-state index is 12.5. The highest BCUT2D eigenvalue weighted by Crippen LogP contribution is 2.28. The molecule has 9 heteroatoms. The number of para-hydroxylation sites is 1. The number of aromatic nitrogens is 3. The van der Waals surface area contributed by atoms with E-state index in [1.165, 1.54) is 0 Å². The summed E-state index contributed by atoms with van der Waals surface area (Å²) >= 11 is 5.07. The van der Waals surface area contributed by atoms with Crippen LogP contribution in [0.25, 0.3) is 0 Å². The van der Waals surface area contributed by atoms with Gasteiger partial charge in [0.15, 0.2) is 22.1 Å². The summed E-state index contributed by atoms with van der Waals surface area (Å²) in [4.78, 5) is 12.5. The molecule has 0 spiro atoms. The fourth-order valence-corrected chi connectivity index (χ4v) is 2.81. The number of nitrogens with one attached hydrogen (secondary N) is 2. The Labute approximate surface area is 179 Å². The van der Waals surface area contributed by atoms with E-state index in [1.807, 2.05) is 37.3 Å². The van der Waals surface area contributed by atoms with Gasteiger partial charge in [0.1, 0.15) is 19.0 Å². The largest absolute Gasteiger partial charge is 0.490 e. The van der Waals surface area contributed by atoms with Crippen molar-refractivity contribution in [1.82, 2.24) is 20.1 Å². The summed E-state index contributed by atoms with van der Waals surface area (Å²) in [5, 5.41) is 9.59. The third-order valence-corrected chi connectivity index (χ3v) is 4.60. The summed E-state index contributed by atoms with van der Waals surface area (Å²) in [5.74, 6) is 2.23. The molecule has 3 aromatic rings. The van der Waals surface area contributed by atoms with Gasteiger partial charge in [0, 0.05) is 12.6 Å². The van der Waals surface area contributed by atoms with Crippen LogP contribution in [0.2, 0.25) is 0 Å². The average Bonchev–Trinajstić information content (AvgIpc) is 3.09. The van der Waals surface area contributed by atoms with Gasteiger partial charge in [-0.05, 0) is 49.5 Å². The predicted molar refractivity (Wildman–Crippen MR) is 115 cm³/mol. The molecule has 30 heavy (non-hydrogen) atoms. The van der Waals surface area contributed by atoms with Crippen LogP contribution in [0.15, 0.2) is 48.5 Å². The average molecular weight is 429 g/mol. The fourth-order valence-electron chi connectivity index (χ4n) is 2.66. The zero-order valence-electron chi connectivity index (χ0n) is 16.9. The van der Waals surface area contributed by atoms with Crippen LogP contribution in [0.1, 0.15) is 23.1 Å². The Kier molecular flexibility index (Phi) is 7.45. The molecular formula is C21H24N4O4S. The van der Waals surface area contributed by atoms with E-state index in [-0.39, 0.29) is 12.5 Å². The molecule has 2 aromatic carbocycles. The molecule has 0 aliphatic heterocycles. The van der Waals surface area contributed by atoms with Gasteiger partial charge in [0.25, 0.3) is 5.91 Å². The smallest absolute Gasteiger partial charge is 0.251 e. The van der Waals surface area contributed by atoms with Crippen molar-refractivity contribution in [3.8, 4) is 17.2 Å². The van der Waals surface area contributed by atoms with Gasteiger partial charge in [-0.25, -0.2) is 0 Å². The quantitative estimate of drug-likeness (QED) is 0.381. The van der Waals surface area contributed by atoms with Gasteiger partial charge in [0.2, 0.25) is 0 Å². The first-order valence-corrected chi connectivity index (χ1v) is 9.95. The van der Waals surface area contributed by atoms with E-state index in [1.54, 1.807) is 29.8 Å². The molecule has 0 aliphatic carbocycles. The summed E-state index contributed by atoms with van der Waals surface area (Å²) in [5.41, 5.74) is 0.461. The van der Waals surface area contributed by atoms with Crippen molar-refractivity contribution < 1.29 is 19.0 Å². The van der Waals surface area contributed by atoms with Crippen molar-refractivity contribution in [1.29, 1.82) is 0 Å². The zero-order valence-corrected chi connectivity index (χ0v) is 17.7. The van der Waals surface area contributed by atoms with E-state index in [0.717, 1.165) is 5.75 Å². The second-order valence-corrected chi connectivity index (χ2v) is 6.68. The lowest BCUT2D eigenvalue weighted by Crippen LogP contribution is -2.24. The summed E-state index contributed by atoms with van der Waals surface area (Å²) in [6.07, 6.45) is 0. The molecule has 1 aromatic heterocycles. The number of ether oxygens (including phenoxy) is 3. The molecular weight excluding hydrogens is 404 g/mol. The molecule has 0 radical (unpaired) electrons. The SMILES string of the molecule is CCOc1cc(C(=O)NCc2n[nH]c(=S)n2C)ccc1OCCOc1ccccc1. The molecule has 0 atom stereocenters. The van der Waals surface area contributed by atoms with Crippen molar-refractivity contribution in [2.45, 2.75) is 13.5 Å². The molecule has 0 unspecified atom stereocenters. The summed E-state index contributed by atoms with van der Waals surface area (Å²) < 4.78 is 19.3. The molecule has 0 saturated heterocycles. The van der Waals surface area contributed by atoms with Crippen molar-refractivity contribution in [3.05, 3.63) is 64.7 Å². The van der Waals surface area contributed by atoms with Crippen LogP contribution in [0.4, 0.5) is 0 Å². The van der Waals surface area contributed by atoms with Gasteiger partial charge in [-0.15, -0.1) is 0 Å². The minimum atomic E-state index is -0.246. The lowest BCUT2D eigenvalue weighted by Gasteiger charge is -2.14. The van der Waals surface area contributed by atoms with E-state index < -0.39 is 0 Å². The van der Waals surface area contributed by atoms with E-state index in [9.17, 15) is 4.79 Å². The Morgan fingerprint density at radius 3 is 2.57 bits per heavy atom. The summed E-state index contributed by atoms with van der Waals surface area (Å²) in [6.45, 7) is 3.32. The van der Waals surface area contributed by atoms with Gasteiger partial charge in [-0.3, -0.25) is 9.89 Å². The summed E-state index contributed by atoms with van der Waals surface area (Å²) in [6, 6.07) is 14.6. The molecule has 0 saturated carbocycles. The Morgan fingerprint density at radius 1 is 1.10 bits per heavy atom. The van der Waals surface area contributed by atoms with E-state index in [4.69, 9.17) is 26.4 Å². The lowest BCUT2D eigenvalue weighted by molar-refractivity contribution is 0.0949. The number of carbonyl (C=O) groups is 1. The highest BCUT2D eigenvalue weighted by molar-refractivity contribution is 7.71. The number of amides is 1. The Hall–Kier alpha value is -3.33. The molecule has 0 fully saturated rings. The molecule has 158 valence electrons. The first kappa shape index (κ1) is 21.4. The standard InChI is InChI=1S/C21H24N4O4S/c1-3-27-18-13-15(20(26)22-14-19-23-24-21(30)25(19)2)9-10-17(18)29-12-11-28-16-7-5-4-6-8-16/h4-10,13H,3,11-12,14H2,1-2H3,(H,22,26)(H,24,30). The van der Waals surface area contributed by atoms with Crippen molar-refractivity contribution in [2.75, 3.05) is 19.8 Å². The normalized spacial score (nSPS) is 10.5. The van der Waals surface area contributed by atoms with Gasteiger partial charge < -0.3 is 24.1 Å². The highest BCUT2D eigenvalue weighted by atomic mass is 32.1. The third-order valence-electron chi connectivity index (χ3n) is 4.24. The van der Waals surface area contributed by atoms with Gasteiger partial charge in [-0.2, -0.15) is 5.10 Å². The minimum absolute atomic E-state index is 0.246. The van der Waals surface area contributed by atoms with E-state index >= 15 is 0 Å². The number of aromatic amines is 1. The fraction of sp³-hybridized carbons (Fsp3) is 0.286. The van der Waals surface area contributed by atoms with E-state index in [2.05, 4.69) is 15.5 Å². The number of hydrogen-bond acceptors (Lipinski definition) is 6. The minimum Gasteiger partial charge on any atom is -0.490 e. The predicted octanol–water partition coefficient (Wildman–Crippen LogP) is 3.26. The van der Waals surface area contributed by atoms with Crippen LogP contribution in [-0.4, -0.2) is 40.5 Å². The Morgan fingerprint density at radius 2 is 1.87 bits per heavy atom. The van der Waals surface area contributed by atoms with Crippen LogP contribution >= 0.6 is 12.2 Å². The van der Waals surface area contributed by atoms with Gasteiger partial charge >= 0.3 is 0 Å². The second kappa shape index (κ2) is 10.4. The van der Waals surface area contributed by atoms with Crippen molar-refractivity contribution in [2.24, 2.45) is 7.05 Å². The molecule has 1 heterocycles. The number of H-pyrrole nitrogens is 1. The third kappa shape index (κ3) is 5.60. The van der Waals surface area contributed by atoms with Crippen LogP contribution in [0.5, 0.6) is 17.2 Å². The zero-order chi connectivity index (χ0) is 21.3. The van der Waals surface area contributed by atoms with Gasteiger partial charge in [0.05, 0.1) is 13.2 Å². The molecule has 0 bridgehead atoms. The number of rotatable bonds is 10. The Bertz CT molecular complexity index is 1030. The number of benzene rings is 2. The number of carbonyl (C=O) groups excluding carboxylic acids is 1. The second-order valence-electron chi connectivity index (χ2n) is 6.29. The monoisotopic (exact) mass is 428 g/mol. The highest BCUT2D eigenvalue weighted by Gasteiger charge is 2.13. The van der Waals surface area contributed by atoms with Crippen molar-refractivity contribution >= 4 is 18.1 Å². The van der Waals surface area contributed by atoms with Crippen LogP contribution in [0.3, 0.4) is 0 Å². The van der Waals surface area contributed by atoms with Crippen molar-refractivity contribution in [3.63, 3.8) is 0 Å². The van der Waals surface area contributed by atoms with Crippen LogP contribution in [0, 0.1) is 4.77 Å². The summed E-state index contributed by atoms with van der Waals surface area (Å²) in [7, 11) is 1.79. The van der Waals surface area contributed by atoms with E-state index in [0.29, 0.717) is 47.5 Å². The van der Waals surface area contributed by atoms with Crippen LogP contribution in [-0.2, 0) is 13.6 Å². The maximum absolute atomic E-state index is 12.5. The topological polar surface area (TPSA) is 90.4 Å². The molecule has 2 N–H and O–H groups in total.